The fourth-order valence-electron chi connectivity index (χ4n) is 1.47. The van der Waals surface area contributed by atoms with Crippen molar-refractivity contribution in [3.05, 3.63) is 0 Å². The number of carbonyl (C=O) groups is 1. The summed E-state index contributed by atoms with van der Waals surface area (Å²) in [7, 11) is 1.48. The van der Waals surface area contributed by atoms with E-state index >= 15 is 0 Å². The molecule has 0 aromatic heterocycles. The number of rotatable bonds is 11. The largest absolute Gasteiger partial charge is 0.380 e. The van der Waals surface area contributed by atoms with Crippen LogP contribution in [0, 0.1) is 0 Å². The molecule has 18 heavy (non-hydrogen) atoms. The highest BCUT2D eigenvalue weighted by atomic mass is 16.5. The van der Waals surface area contributed by atoms with Gasteiger partial charge in [-0.15, -0.1) is 0 Å². The van der Waals surface area contributed by atoms with E-state index < -0.39 is 6.10 Å². The Hall–Kier alpha value is -0.690. The molecule has 0 aromatic rings. The Balaban J connectivity index is 4.27. The summed E-state index contributed by atoms with van der Waals surface area (Å²) in [6, 6.07) is 0. The molecule has 0 aliphatic carbocycles. The lowest BCUT2D eigenvalue weighted by molar-refractivity contribution is -0.142. The Morgan fingerprint density at radius 3 is 2.00 bits per heavy atom. The molecular formula is C12H26N2O4. The predicted molar refractivity (Wildman–Crippen MR) is 69.4 cm³/mol. The maximum absolute atomic E-state index is 12.1. The number of methoxy groups -OCH3 is 1. The summed E-state index contributed by atoms with van der Waals surface area (Å²) in [4.78, 5) is 13.8. The van der Waals surface area contributed by atoms with Gasteiger partial charge in [0, 0.05) is 40.0 Å². The van der Waals surface area contributed by atoms with Gasteiger partial charge in [0.25, 0.3) is 5.91 Å². The van der Waals surface area contributed by atoms with Gasteiger partial charge in [0.05, 0.1) is 13.2 Å². The average Bonchev–Trinajstić information content (AvgIpc) is 2.38. The Morgan fingerprint density at radius 1 is 1.17 bits per heavy atom. The van der Waals surface area contributed by atoms with Crippen LogP contribution in [0.5, 0.6) is 0 Å². The van der Waals surface area contributed by atoms with Crippen molar-refractivity contribution >= 4 is 5.91 Å². The Morgan fingerprint density at radius 2 is 1.67 bits per heavy atom. The number of amides is 1. The van der Waals surface area contributed by atoms with Crippen molar-refractivity contribution in [2.45, 2.75) is 20.0 Å². The number of hydrogen-bond donors (Lipinski definition) is 1. The van der Waals surface area contributed by atoms with Crippen LogP contribution in [-0.4, -0.2) is 70.1 Å². The summed E-state index contributed by atoms with van der Waals surface area (Å²) < 4.78 is 15.6. The molecular weight excluding hydrogens is 236 g/mol. The molecule has 0 spiro atoms. The summed E-state index contributed by atoms with van der Waals surface area (Å²) >= 11 is 0. The first-order chi connectivity index (χ1) is 8.71. The lowest BCUT2D eigenvalue weighted by Gasteiger charge is -2.26. The van der Waals surface area contributed by atoms with E-state index in [1.807, 2.05) is 13.8 Å². The lowest BCUT2D eigenvalue weighted by Crippen LogP contribution is -2.46. The van der Waals surface area contributed by atoms with Gasteiger partial charge >= 0.3 is 0 Å². The highest BCUT2D eigenvalue weighted by Gasteiger charge is 2.22. The van der Waals surface area contributed by atoms with Crippen molar-refractivity contribution in [1.82, 2.24) is 4.90 Å². The van der Waals surface area contributed by atoms with Gasteiger partial charge in [-0.05, 0) is 13.8 Å². The standard InChI is InChI=1S/C12H26N2O4/c1-4-17-8-6-14(7-9-18-5-2)12(15)11(10-13)16-3/h11H,4-10,13H2,1-3H3. The summed E-state index contributed by atoms with van der Waals surface area (Å²) in [6.07, 6.45) is -0.590. The van der Waals surface area contributed by atoms with E-state index in [1.165, 1.54) is 7.11 Å². The lowest BCUT2D eigenvalue weighted by atomic mass is 10.3. The number of nitrogens with zero attached hydrogens (tertiary/aromatic N) is 1. The molecule has 0 aromatic carbocycles. The van der Waals surface area contributed by atoms with Crippen LogP contribution < -0.4 is 5.73 Å². The molecule has 6 nitrogen and oxygen atoms in total. The Bertz CT molecular complexity index is 200. The van der Waals surface area contributed by atoms with Gasteiger partial charge in [0.15, 0.2) is 0 Å². The predicted octanol–water partition coefficient (Wildman–Crippen LogP) is -0.138. The molecule has 0 radical (unpaired) electrons. The van der Waals surface area contributed by atoms with Crippen molar-refractivity contribution in [2.75, 3.05) is 53.2 Å². The number of nitrogens with two attached hydrogens (primary N) is 1. The summed E-state index contributed by atoms with van der Waals surface area (Å²) in [5, 5.41) is 0. The van der Waals surface area contributed by atoms with Gasteiger partial charge in [0.2, 0.25) is 0 Å². The van der Waals surface area contributed by atoms with Crippen LogP contribution in [0.2, 0.25) is 0 Å². The second-order valence-electron chi connectivity index (χ2n) is 3.68. The molecule has 0 aliphatic rings. The molecule has 1 unspecified atom stereocenters. The van der Waals surface area contributed by atoms with Gasteiger partial charge in [-0.25, -0.2) is 0 Å². The van der Waals surface area contributed by atoms with Crippen LogP contribution in [0.1, 0.15) is 13.8 Å². The fourth-order valence-corrected chi connectivity index (χ4v) is 1.47. The third-order valence-electron chi connectivity index (χ3n) is 2.51. The van der Waals surface area contributed by atoms with Gasteiger partial charge < -0.3 is 24.8 Å². The second-order valence-corrected chi connectivity index (χ2v) is 3.68. The third kappa shape index (κ3) is 6.90. The van der Waals surface area contributed by atoms with Crippen molar-refractivity contribution in [3.63, 3.8) is 0 Å². The van der Waals surface area contributed by atoms with Crippen LogP contribution in [-0.2, 0) is 19.0 Å². The van der Waals surface area contributed by atoms with Gasteiger partial charge in [0.1, 0.15) is 6.10 Å². The highest BCUT2D eigenvalue weighted by molar-refractivity contribution is 5.81. The van der Waals surface area contributed by atoms with Crippen molar-refractivity contribution in [3.8, 4) is 0 Å². The average molecular weight is 262 g/mol. The fraction of sp³-hybridized carbons (Fsp3) is 0.917. The van der Waals surface area contributed by atoms with Crippen molar-refractivity contribution in [1.29, 1.82) is 0 Å². The minimum atomic E-state index is -0.590. The molecule has 0 saturated heterocycles. The number of hydrogen-bond acceptors (Lipinski definition) is 5. The zero-order valence-corrected chi connectivity index (χ0v) is 11.7. The molecule has 1 atom stereocenters. The first-order valence-electron chi connectivity index (χ1n) is 6.38. The molecule has 0 fully saturated rings. The molecule has 0 saturated carbocycles. The van der Waals surface area contributed by atoms with E-state index in [2.05, 4.69) is 0 Å². The van der Waals surface area contributed by atoms with Crippen LogP contribution >= 0.6 is 0 Å². The normalized spacial score (nSPS) is 12.4. The quantitative estimate of drug-likeness (QED) is 0.525. The number of carbonyl (C=O) groups excluding carboxylic acids is 1. The van der Waals surface area contributed by atoms with Gasteiger partial charge in [-0.3, -0.25) is 4.79 Å². The molecule has 0 bridgehead atoms. The Kier molecular flexibility index (Phi) is 11.0. The minimum absolute atomic E-state index is 0.112. The molecule has 0 rings (SSSR count). The zero-order chi connectivity index (χ0) is 13.8. The van der Waals surface area contributed by atoms with Gasteiger partial charge in [-0.1, -0.05) is 0 Å². The Labute approximate surface area is 109 Å². The second kappa shape index (κ2) is 11.4. The van der Waals surface area contributed by atoms with E-state index in [9.17, 15) is 4.79 Å². The molecule has 108 valence electrons. The molecule has 6 heteroatoms. The SMILES string of the molecule is CCOCCN(CCOCC)C(=O)C(CN)OC. The van der Waals surface area contributed by atoms with Crippen LogP contribution in [0.4, 0.5) is 0 Å². The van der Waals surface area contributed by atoms with E-state index in [-0.39, 0.29) is 12.5 Å². The number of ether oxygens (including phenoxy) is 3. The van der Waals surface area contributed by atoms with E-state index in [0.717, 1.165) is 0 Å². The molecule has 2 N–H and O–H groups in total. The molecule has 0 aliphatic heterocycles. The van der Waals surface area contributed by atoms with Gasteiger partial charge in [-0.2, -0.15) is 0 Å². The van der Waals surface area contributed by atoms with Crippen molar-refractivity contribution in [2.24, 2.45) is 5.73 Å². The first kappa shape index (κ1) is 17.3. The molecule has 0 heterocycles. The maximum Gasteiger partial charge on any atom is 0.253 e. The third-order valence-corrected chi connectivity index (χ3v) is 2.51. The van der Waals surface area contributed by atoms with Crippen LogP contribution in [0.25, 0.3) is 0 Å². The summed E-state index contributed by atoms with van der Waals surface area (Å²) in [5.41, 5.74) is 5.50. The van der Waals surface area contributed by atoms with Crippen LogP contribution in [0.15, 0.2) is 0 Å². The minimum Gasteiger partial charge on any atom is -0.380 e. The summed E-state index contributed by atoms with van der Waals surface area (Å²) in [6.45, 7) is 7.36. The first-order valence-corrected chi connectivity index (χ1v) is 6.38. The smallest absolute Gasteiger partial charge is 0.253 e. The molecule has 1 amide bonds. The van der Waals surface area contributed by atoms with E-state index in [1.54, 1.807) is 4.90 Å². The monoisotopic (exact) mass is 262 g/mol. The van der Waals surface area contributed by atoms with Crippen molar-refractivity contribution < 1.29 is 19.0 Å². The summed E-state index contributed by atoms with van der Waals surface area (Å²) in [5.74, 6) is -0.112. The maximum atomic E-state index is 12.1. The highest BCUT2D eigenvalue weighted by Crippen LogP contribution is 1.99. The van der Waals surface area contributed by atoms with Crippen LogP contribution in [0.3, 0.4) is 0 Å². The van der Waals surface area contributed by atoms with E-state index in [0.29, 0.717) is 39.5 Å². The zero-order valence-electron chi connectivity index (χ0n) is 11.7. The van der Waals surface area contributed by atoms with E-state index in [4.69, 9.17) is 19.9 Å². The topological polar surface area (TPSA) is 74.0 Å².